The van der Waals surface area contributed by atoms with Crippen molar-refractivity contribution in [2.24, 2.45) is 0 Å². The van der Waals surface area contributed by atoms with E-state index >= 15 is 0 Å². The molecule has 0 fully saturated rings. The van der Waals surface area contributed by atoms with Gasteiger partial charge in [0.25, 0.3) is 5.91 Å². The van der Waals surface area contributed by atoms with Gasteiger partial charge >= 0.3 is 0 Å². The van der Waals surface area contributed by atoms with Gasteiger partial charge in [-0.2, -0.15) is 5.10 Å². The number of hydrogen-bond acceptors (Lipinski definition) is 3. The summed E-state index contributed by atoms with van der Waals surface area (Å²) in [6.07, 6.45) is 2.70. The molecule has 1 amide bonds. The molecule has 5 heteroatoms. The number of nitrogens with one attached hydrogen (secondary N) is 2. The van der Waals surface area contributed by atoms with E-state index in [2.05, 4.69) is 34.3 Å². The summed E-state index contributed by atoms with van der Waals surface area (Å²) in [5.41, 5.74) is 1.63. The van der Waals surface area contributed by atoms with E-state index in [1.807, 2.05) is 18.2 Å². The topological polar surface area (TPSA) is 61.0 Å². The van der Waals surface area contributed by atoms with Crippen LogP contribution in [0.5, 0.6) is 0 Å². The van der Waals surface area contributed by atoms with Crippen molar-refractivity contribution in [2.75, 3.05) is 26.2 Å². The number of carbonyl (C=O) groups is 1. The van der Waals surface area contributed by atoms with Crippen LogP contribution in [-0.4, -0.2) is 47.2 Å². The minimum absolute atomic E-state index is 0.0207. The fraction of sp³-hybridized carbons (Fsp3) is 0.467. The molecule has 1 heterocycles. The molecule has 0 radical (unpaired) electrons. The second kappa shape index (κ2) is 7.05. The molecule has 20 heavy (non-hydrogen) atoms. The van der Waals surface area contributed by atoms with Gasteiger partial charge in [0.15, 0.2) is 0 Å². The zero-order chi connectivity index (χ0) is 14.4. The number of aromatic nitrogens is 2. The molecule has 0 aliphatic carbocycles. The van der Waals surface area contributed by atoms with Crippen molar-refractivity contribution in [1.29, 1.82) is 0 Å². The molecule has 0 unspecified atom stereocenters. The lowest BCUT2D eigenvalue weighted by Crippen LogP contribution is -2.29. The second-order valence-corrected chi connectivity index (χ2v) is 4.81. The lowest BCUT2D eigenvalue weighted by atomic mass is 10.1. The molecule has 1 aromatic heterocycles. The van der Waals surface area contributed by atoms with Gasteiger partial charge in [-0.05, 0) is 44.3 Å². The number of rotatable bonds is 7. The van der Waals surface area contributed by atoms with E-state index in [-0.39, 0.29) is 5.91 Å². The number of benzene rings is 1. The van der Waals surface area contributed by atoms with Gasteiger partial charge in [-0.3, -0.25) is 9.89 Å². The van der Waals surface area contributed by atoms with E-state index in [0.717, 1.165) is 37.0 Å². The first-order chi connectivity index (χ1) is 9.74. The Morgan fingerprint density at radius 2 is 2.15 bits per heavy atom. The average Bonchev–Trinajstić information content (AvgIpc) is 2.94. The van der Waals surface area contributed by atoms with Gasteiger partial charge in [-0.15, -0.1) is 0 Å². The number of aromatic amines is 1. The highest BCUT2D eigenvalue weighted by atomic mass is 16.1. The normalized spacial score (nSPS) is 11.2. The fourth-order valence-corrected chi connectivity index (χ4v) is 2.23. The van der Waals surface area contributed by atoms with Crippen LogP contribution >= 0.6 is 0 Å². The summed E-state index contributed by atoms with van der Waals surface area (Å²) in [6, 6.07) is 5.56. The highest BCUT2D eigenvalue weighted by Gasteiger charge is 2.06. The van der Waals surface area contributed by atoms with E-state index in [1.165, 1.54) is 0 Å². The SMILES string of the molecule is CCN(CC)CCCNC(=O)c1ccc2[nH]ncc2c1. The number of amides is 1. The van der Waals surface area contributed by atoms with Gasteiger partial charge in [0.05, 0.1) is 11.7 Å². The van der Waals surface area contributed by atoms with Crippen LogP contribution in [0.15, 0.2) is 24.4 Å². The van der Waals surface area contributed by atoms with E-state index in [1.54, 1.807) is 6.20 Å². The van der Waals surface area contributed by atoms with Crippen molar-refractivity contribution in [3.05, 3.63) is 30.0 Å². The molecule has 0 bridgehead atoms. The van der Waals surface area contributed by atoms with Crippen LogP contribution in [0.4, 0.5) is 0 Å². The van der Waals surface area contributed by atoms with Crippen molar-refractivity contribution in [1.82, 2.24) is 20.4 Å². The van der Waals surface area contributed by atoms with Gasteiger partial charge in [0.1, 0.15) is 0 Å². The van der Waals surface area contributed by atoms with Gasteiger partial charge in [0, 0.05) is 17.5 Å². The van der Waals surface area contributed by atoms with Crippen LogP contribution in [0.25, 0.3) is 10.9 Å². The van der Waals surface area contributed by atoms with Crippen molar-refractivity contribution < 1.29 is 4.79 Å². The Labute approximate surface area is 119 Å². The second-order valence-electron chi connectivity index (χ2n) is 4.81. The minimum atomic E-state index is -0.0207. The van der Waals surface area contributed by atoms with Crippen molar-refractivity contribution in [3.63, 3.8) is 0 Å². The predicted octanol–water partition coefficient (Wildman–Crippen LogP) is 2.02. The minimum Gasteiger partial charge on any atom is -0.352 e. The Morgan fingerprint density at radius 1 is 1.35 bits per heavy atom. The zero-order valence-electron chi connectivity index (χ0n) is 12.1. The van der Waals surface area contributed by atoms with Crippen LogP contribution in [0.3, 0.4) is 0 Å². The van der Waals surface area contributed by atoms with E-state index < -0.39 is 0 Å². The molecular formula is C15H22N4O. The molecule has 0 aliphatic heterocycles. The first-order valence-corrected chi connectivity index (χ1v) is 7.18. The molecule has 1 aromatic carbocycles. The van der Waals surface area contributed by atoms with Gasteiger partial charge in [-0.1, -0.05) is 13.8 Å². The number of nitrogens with zero attached hydrogens (tertiary/aromatic N) is 2. The van der Waals surface area contributed by atoms with E-state index in [4.69, 9.17) is 0 Å². The molecule has 0 aliphatic rings. The third-order valence-corrected chi connectivity index (χ3v) is 3.53. The Bertz CT molecular complexity index is 560. The van der Waals surface area contributed by atoms with Gasteiger partial charge in [0.2, 0.25) is 0 Å². The first-order valence-electron chi connectivity index (χ1n) is 7.18. The molecule has 0 atom stereocenters. The third kappa shape index (κ3) is 3.57. The largest absolute Gasteiger partial charge is 0.352 e. The van der Waals surface area contributed by atoms with E-state index in [9.17, 15) is 4.79 Å². The van der Waals surface area contributed by atoms with Crippen LogP contribution < -0.4 is 5.32 Å². The summed E-state index contributed by atoms with van der Waals surface area (Å²) in [4.78, 5) is 14.4. The molecule has 0 saturated heterocycles. The molecule has 0 saturated carbocycles. The maximum absolute atomic E-state index is 12.0. The highest BCUT2D eigenvalue weighted by molar-refractivity contribution is 5.97. The Kier molecular flexibility index (Phi) is 5.12. The number of fused-ring (bicyclic) bond motifs is 1. The molecule has 2 rings (SSSR count). The molecule has 2 N–H and O–H groups in total. The zero-order valence-corrected chi connectivity index (χ0v) is 12.1. The van der Waals surface area contributed by atoms with Crippen LogP contribution in [0.2, 0.25) is 0 Å². The van der Waals surface area contributed by atoms with Crippen molar-refractivity contribution >= 4 is 16.8 Å². The van der Waals surface area contributed by atoms with Crippen LogP contribution in [-0.2, 0) is 0 Å². The lowest BCUT2D eigenvalue weighted by Gasteiger charge is -2.17. The Hall–Kier alpha value is -1.88. The predicted molar refractivity (Wildman–Crippen MR) is 80.8 cm³/mol. The monoisotopic (exact) mass is 274 g/mol. The fourth-order valence-electron chi connectivity index (χ4n) is 2.23. The molecule has 2 aromatic rings. The van der Waals surface area contributed by atoms with Crippen molar-refractivity contribution in [3.8, 4) is 0 Å². The maximum atomic E-state index is 12.0. The molecule has 108 valence electrons. The summed E-state index contributed by atoms with van der Waals surface area (Å²) in [6.45, 7) is 8.15. The summed E-state index contributed by atoms with van der Waals surface area (Å²) < 4.78 is 0. The maximum Gasteiger partial charge on any atom is 0.251 e. The van der Waals surface area contributed by atoms with Gasteiger partial charge < -0.3 is 10.2 Å². The van der Waals surface area contributed by atoms with E-state index in [0.29, 0.717) is 12.1 Å². The molecular weight excluding hydrogens is 252 g/mol. The van der Waals surface area contributed by atoms with Crippen LogP contribution in [0.1, 0.15) is 30.6 Å². The Balaban J connectivity index is 1.82. The highest BCUT2D eigenvalue weighted by Crippen LogP contribution is 2.12. The smallest absolute Gasteiger partial charge is 0.251 e. The first kappa shape index (κ1) is 14.5. The van der Waals surface area contributed by atoms with Crippen molar-refractivity contribution in [2.45, 2.75) is 20.3 Å². The quantitative estimate of drug-likeness (QED) is 0.759. The standard InChI is InChI=1S/C15H22N4O/c1-3-19(4-2)9-5-8-16-15(20)12-6-7-14-13(10-12)11-17-18-14/h6-7,10-11H,3-5,8-9H2,1-2H3,(H,16,20)(H,17,18). The number of H-pyrrole nitrogens is 1. The lowest BCUT2D eigenvalue weighted by molar-refractivity contribution is 0.0952. The number of carbonyl (C=O) groups excluding carboxylic acids is 1. The van der Waals surface area contributed by atoms with Gasteiger partial charge in [-0.25, -0.2) is 0 Å². The average molecular weight is 274 g/mol. The summed E-state index contributed by atoms with van der Waals surface area (Å²) in [5.74, 6) is -0.0207. The summed E-state index contributed by atoms with van der Waals surface area (Å²) in [7, 11) is 0. The number of hydrogen-bond donors (Lipinski definition) is 2. The summed E-state index contributed by atoms with van der Waals surface area (Å²) >= 11 is 0. The third-order valence-electron chi connectivity index (χ3n) is 3.53. The molecule has 5 nitrogen and oxygen atoms in total. The van der Waals surface area contributed by atoms with Crippen LogP contribution in [0, 0.1) is 0 Å². The molecule has 0 spiro atoms. The Morgan fingerprint density at radius 3 is 2.90 bits per heavy atom. The summed E-state index contributed by atoms with van der Waals surface area (Å²) in [5, 5.41) is 10.8.